The molecule has 0 fully saturated rings. The Labute approximate surface area is 174 Å². The van der Waals surface area contributed by atoms with Crippen molar-refractivity contribution in [3.63, 3.8) is 0 Å². The molecule has 27 heavy (non-hydrogen) atoms. The molecule has 0 saturated heterocycles. The zero-order chi connectivity index (χ0) is 18.6. The van der Waals surface area contributed by atoms with Crippen LogP contribution in [0.25, 0.3) is 0 Å². The summed E-state index contributed by atoms with van der Waals surface area (Å²) in [6, 6.07) is 3.24. The number of benzene rings is 1. The minimum atomic E-state index is -0.710. The molecule has 0 amide bonds. The first-order valence-corrected chi connectivity index (χ1v) is 8.61. The van der Waals surface area contributed by atoms with Crippen LogP contribution in [-0.2, 0) is 6.54 Å². The van der Waals surface area contributed by atoms with E-state index in [-0.39, 0.29) is 36.3 Å². The molecule has 2 N–H and O–H groups in total. The third-order valence-electron chi connectivity index (χ3n) is 3.45. The van der Waals surface area contributed by atoms with Crippen molar-refractivity contribution in [2.45, 2.75) is 26.3 Å². The first-order chi connectivity index (χ1) is 12.7. The van der Waals surface area contributed by atoms with Gasteiger partial charge in [-0.3, -0.25) is 4.99 Å². The van der Waals surface area contributed by atoms with Gasteiger partial charge in [-0.25, -0.2) is 8.78 Å². The highest BCUT2D eigenvalue weighted by Crippen LogP contribution is 2.17. The summed E-state index contributed by atoms with van der Waals surface area (Å²) in [6.07, 6.45) is 5.30. The lowest BCUT2D eigenvalue weighted by molar-refractivity contribution is 0.304. The standard InChI is InChI=1S/C17H24F2N6O.HI/c1-2-20-17(21-7-3-4-9-25-12-23-24-13-25)22-8-10-26-16-6-5-14(18)11-15(16)19;/h5-6,11-13H,2-4,7-10H2,1H3,(H2,20,21,22);1H. The second kappa shape index (κ2) is 13.2. The van der Waals surface area contributed by atoms with Gasteiger partial charge in [-0.2, -0.15) is 0 Å². The fourth-order valence-electron chi connectivity index (χ4n) is 2.20. The van der Waals surface area contributed by atoms with Crippen LogP contribution in [0, 0.1) is 11.6 Å². The lowest BCUT2D eigenvalue weighted by Crippen LogP contribution is -2.39. The Morgan fingerprint density at radius 1 is 1.19 bits per heavy atom. The van der Waals surface area contributed by atoms with Gasteiger partial charge in [0, 0.05) is 25.7 Å². The van der Waals surface area contributed by atoms with Gasteiger partial charge in [0.05, 0.1) is 6.54 Å². The van der Waals surface area contributed by atoms with Gasteiger partial charge in [0.2, 0.25) is 0 Å². The van der Waals surface area contributed by atoms with Crippen molar-refractivity contribution in [1.82, 2.24) is 25.4 Å². The number of unbranched alkanes of at least 4 members (excludes halogenated alkanes) is 1. The van der Waals surface area contributed by atoms with Gasteiger partial charge in [-0.05, 0) is 31.9 Å². The summed E-state index contributed by atoms with van der Waals surface area (Å²) >= 11 is 0. The summed E-state index contributed by atoms with van der Waals surface area (Å²) in [5.41, 5.74) is 0. The quantitative estimate of drug-likeness (QED) is 0.230. The number of nitrogens with zero attached hydrogens (tertiary/aromatic N) is 4. The zero-order valence-corrected chi connectivity index (χ0v) is 17.5. The Hall–Kier alpha value is -1.98. The normalized spacial score (nSPS) is 11.0. The Morgan fingerprint density at radius 3 is 2.67 bits per heavy atom. The van der Waals surface area contributed by atoms with Gasteiger partial charge in [0.15, 0.2) is 17.5 Å². The average molecular weight is 494 g/mol. The number of aromatic nitrogens is 3. The number of halogens is 3. The third kappa shape index (κ3) is 8.98. The molecule has 1 aromatic carbocycles. The van der Waals surface area contributed by atoms with E-state index in [1.807, 2.05) is 11.5 Å². The number of guanidine groups is 1. The lowest BCUT2D eigenvalue weighted by atomic mass is 10.3. The maximum atomic E-state index is 13.5. The number of nitrogens with one attached hydrogen (secondary N) is 2. The first-order valence-electron chi connectivity index (χ1n) is 8.61. The van der Waals surface area contributed by atoms with Crippen LogP contribution in [0.2, 0.25) is 0 Å². The second-order valence-corrected chi connectivity index (χ2v) is 5.52. The predicted molar refractivity (Wildman–Crippen MR) is 111 cm³/mol. The van der Waals surface area contributed by atoms with Crippen LogP contribution in [0.15, 0.2) is 35.8 Å². The zero-order valence-electron chi connectivity index (χ0n) is 15.2. The van der Waals surface area contributed by atoms with Gasteiger partial charge >= 0.3 is 0 Å². The smallest absolute Gasteiger partial charge is 0.191 e. The predicted octanol–water partition coefficient (Wildman–Crippen LogP) is 2.59. The van der Waals surface area contributed by atoms with E-state index in [1.54, 1.807) is 12.7 Å². The molecular formula is C17H25F2IN6O. The fourth-order valence-corrected chi connectivity index (χ4v) is 2.20. The van der Waals surface area contributed by atoms with E-state index in [0.29, 0.717) is 19.0 Å². The summed E-state index contributed by atoms with van der Waals surface area (Å²) in [4.78, 5) is 4.48. The van der Waals surface area contributed by atoms with Crippen LogP contribution in [0.1, 0.15) is 19.8 Å². The molecule has 0 unspecified atom stereocenters. The topological polar surface area (TPSA) is 76.4 Å². The summed E-state index contributed by atoms with van der Waals surface area (Å²) in [5, 5.41) is 13.8. The van der Waals surface area contributed by atoms with Crippen LogP contribution < -0.4 is 15.4 Å². The molecule has 0 bridgehead atoms. The minimum absolute atomic E-state index is 0. The van der Waals surface area contributed by atoms with Crippen molar-refractivity contribution in [1.29, 1.82) is 0 Å². The molecule has 10 heteroatoms. The van der Waals surface area contributed by atoms with Crippen LogP contribution in [-0.4, -0.2) is 47.0 Å². The molecule has 0 aliphatic rings. The van der Waals surface area contributed by atoms with Crippen molar-refractivity contribution < 1.29 is 13.5 Å². The van der Waals surface area contributed by atoms with E-state index < -0.39 is 11.6 Å². The van der Waals surface area contributed by atoms with Crippen molar-refractivity contribution in [2.75, 3.05) is 26.2 Å². The first kappa shape index (κ1) is 23.1. The number of rotatable bonds is 10. The SMILES string of the molecule is CCNC(=NCCCCn1cnnc1)NCCOc1ccc(F)cc1F.I. The van der Waals surface area contributed by atoms with Crippen LogP contribution in [0.3, 0.4) is 0 Å². The highest BCUT2D eigenvalue weighted by molar-refractivity contribution is 14.0. The lowest BCUT2D eigenvalue weighted by Gasteiger charge is -2.12. The number of ether oxygens (including phenoxy) is 1. The molecule has 150 valence electrons. The molecule has 0 aliphatic carbocycles. The van der Waals surface area contributed by atoms with Crippen molar-refractivity contribution in [3.05, 3.63) is 42.5 Å². The largest absolute Gasteiger partial charge is 0.489 e. The van der Waals surface area contributed by atoms with Crippen LogP contribution in [0.5, 0.6) is 5.75 Å². The van der Waals surface area contributed by atoms with Gasteiger partial charge < -0.3 is 19.9 Å². The van der Waals surface area contributed by atoms with Crippen molar-refractivity contribution >= 4 is 29.9 Å². The monoisotopic (exact) mass is 494 g/mol. The van der Waals surface area contributed by atoms with E-state index in [2.05, 4.69) is 25.8 Å². The molecule has 2 aromatic rings. The Kier molecular flexibility index (Phi) is 11.3. The highest BCUT2D eigenvalue weighted by Gasteiger charge is 2.04. The molecule has 2 rings (SSSR count). The number of hydrogen-bond donors (Lipinski definition) is 2. The van der Waals surface area contributed by atoms with E-state index in [1.165, 1.54) is 6.07 Å². The molecule has 7 nitrogen and oxygen atoms in total. The van der Waals surface area contributed by atoms with Crippen molar-refractivity contribution in [2.24, 2.45) is 4.99 Å². The number of aryl methyl sites for hydroxylation is 1. The molecule has 0 radical (unpaired) electrons. The van der Waals surface area contributed by atoms with Crippen LogP contribution >= 0.6 is 24.0 Å². The third-order valence-corrected chi connectivity index (χ3v) is 3.45. The van der Waals surface area contributed by atoms with Crippen molar-refractivity contribution in [3.8, 4) is 5.75 Å². The van der Waals surface area contributed by atoms with Gasteiger partial charge in [-0.1, -0.05) is 0 Å². The summed E-state index contributed by atoms with van der Waals surface area (Å²) < 4.78 is 33.5. The van der Waals surface area contributed by atoms with E-state index in [4.69, 9.17) is 4.74 Å². The number of hydrogen-bond acceptors (Lipinski definition) is 4. The van der Waals surface area contributed by atoms with E-state index in [9.17, 15) is 8.78 Å². The molecule has 1 heterocycles. The van der Waals surface area contributed by atoms with Gasteiger partial charge in [0.25, 0.3) is 0 Å². The minimum Gasteiger partial charge on any atom is -0.489 e. The Balaban J connectivity index is 0.00000364. The molecule has 0 aliphatic heterocycles. The fraction of sp³-hybridized carbons (Fsp3) is 0.471. The summed E-state index contributed by atoms with van der Waals surface area (Å²) in [5.74, 6) is -0.624. The van der Waals surface area contributed by atoms with Gasteiger partial charge in [-0.15, -0.1) is 34.2 Å². The summed E-state index contributed by atoms with van der Waals surface area (Å²) in [7, 11) is 0. The second-order valence-electron chi connectivity index (χ2n) is 5.52. The maximum absolute atomic E-state index is 13.5. The molecule has 1 aromatic heterocycles. The average Bonchev–Trinajstić information content (AvgIpc) is 3.13. The highest BCUT2D eigenvalue weighted by atomic mass is 127. The molecule has 0 spiro atoms. The molecular weight excluding hydrogens is 469 g/mol. The number of aliphatic imine (C=N–C) groups is 1. The Bertz CT molecular complexity index is 684. The summed E-state index contributed by atoms with van der Waals surface area (Å²) in [6.45, 7) is 4.95. The van der Waals surface area contributed by atoms with E-state index >= 15 is 0 Å². The molecule has 0 saturated carbocycles. The van der Waals surface area contributed by atoms with Crippen LogP contribution in [0.4, 0.5) is 8.78 Å². The maximum Gasteiger partial charge on any atom is 0.191 e. The van der Waals surface area contributed by atoms with Gasteiger partial charge in [0.1, 0.15) is 25.1 Å². The Morgan fingerprint density at radius 2 is 1.96 bits per heavy atom. The van der Waals surface area contributed by atoms with E-state index in [0.717, 1.165) is 38.1 Å². The molecule has 0 atom stereocenters.